The molecule has 1 unspecified atom stereocenters. The molecular formula is C15H17Cl2N3O2. The van der Waals surface area contributed by atoms with Crippen molar-refractivity contribution >= 4 is 29.1 Å². The number of hydrogen-bond acceptors (Lipinski definition) is 4. The van der Waals surface area contributed by atoms with Crippen LogP contribution in [0.4, 0.5) is 0 Å². The van der Waals surface area contributed by atoms with Crippen molar-refractivity contribution < 1.29 is 9.32 Å². The third-order valence-electron chi connectivity index (χ3n) is 3.35. The van der Waals surface area contributed by atoms with E-state index in [1.165, 1.54) is 0 Å². The third kappa shape index (κ3) is 3.43. The highest BCUT2D eigenvalue weighted by molar-refractivity contribution is 6.39. The van der Waals surface area contributed by atoms with Crippen molar-refractivity contribution in [1.82, 2.24) is 15.8 Å². The molecule has 1 amide bonds. The van der Waals surface area contributed by atoms with E-state index in [0.29, 0.717) is 39.2 Å². The monoisotopic (exact) mass is 341 g/mol. The summed E-state index contributed by atoms with van der Waals surface area (Å²) in [5.74, 6) is 0.146. The smallest absolute Gasteiger partial charge is 0.257 e. The van der Waals surface area contributed by atoms with E-state index in [9.17, 15) is 4.79 Å². The first-order chi connectivity index (χ1) is 10.5. The third-order valence-corrected chi connectivity index (χ3v) is 3.98. The number of carbonyl (C=O) groups excluding carboxylic acids is 1. The van der Waals surface area contributed by atoms with Gasteiger partial charge in [0, 0.05) is 18.2 Å². The van der Waals surface area contributed by atoms with Crippen LogP contribution in [-0.4, -0.2) is 30.7 Å². The van der Waals surface area contributed by atoms with E-state index in [0.717, 1.165) is 0 Å². The molecule has 0 saturated carbocycles. The van der Waals surface area contributed by atoms with E-state index in [4.69, 9.17) is 27.7 Å². The number of amides is 1. The highest BCUT2D eigenvalue weighted by Gasteiger charge is 2.24. The quantitative estimate of drug-likeness (QED) is 0.875. The second-order valence-corrected chi connectivity index (χ2v) is 5.77. The number of aromatic nitrogens is 1. The first-order valence-electron chi connectivity index (χ1n) is 6.81. The average molecular weight is 342 g/mol. The zero-order valence-corrected chi connectivity index (χ0v) is 14.0. The molecule has 1 aromatic carbocycles. The normalized spacial score (nSPS) is 12.2. The molecule has 22 heavy (non-hydrogen) atoms. The van der Waals surface area contributed by atoms with Gasteiger partial charge in [-0.15, -0.1) is 0 Å². The Balaban J connectivity index is 2.38. The Kier molecular flexibility index (Phi) is 5.45. The van der Waals surface area contributed by atoms with Gasteiger partial charge in [0.25, 0.3) is 5.91 Å². The van der Waals surface area contributed by atoms with Crippen LogP contribution in [0.5, 0.6) is 0 Å². The predicted octanol–water partition coefficient (Wildman–Crippen LogP) is 3.29. The van der Waals surface area contributed by atoms with Gasteiger partial charge in [0.1, 0.15) is 17.0 Å². The Labute approximate surface area is 139 Å². The summed E-state index contributed by atoms with van der Waals surface area (Å²) in [4.78, 5) is 12.4. The Bertz CT molecular complexity index is 665. The number of nitrogens with zero attached hydrogens (tertiary/aromatic N) is 1. The maximum Gasteiger partial charge on any atom is 0.257 e. The maximum absolute atomic E-state index is 12.4. The van der Waals surface area contributed by atoms with E-state index in [-0.39, 0.29) is 11.9 Å². The zero-order chi connectivity index (χ0) is 16.3. The minimum absolute atomic E-state index is 0.150. The minimum Gasteiger partial charge on any atom is -0.360 e. The molecule has 0 radical (unpaired) electrons. The van der Waals surface area contributed by atoms with E-state index >= 15 is 0 Å². The molecule has 1 atom stereocenters. The zero-order valence-electron chi connectivity index (χ0n) is 12.5. The summed E-state index contributed by atoms with van der Waals surface area (Å²) in [6.07, 6.45) is 0. The Hall–Kier alpha value is -1.56. The Morgan fingerprint density at radius 2 is 2.00 bits per heavy atom. The van der Waals surface area contributed by atoms with E-state index in [1.807, 2.05) is 14.0 Å². The number of benzene rings is 1. The van der Waals surface area contributed by atoms with Crippen LogP contribution in [0.1, 0.15) is 23.0 Å². The number of nitrogens with one attached hydrogen (secondary N) is 2. The van der Waals surface area contributed by atoms with E-state index in [2.05, 4.69) is 15.8 Å². The van der Waals surface area contributed by atoms with Crippen molar-refractivity contribution in [2.45, 2.75) is 19.9 Å². The Morgan fingerprint density at radius 3 is 2.59 bits per heavy atom. The number of rotatable bonds is 5. The molecule has 7 heteroatoms. The van der Waals surface area contributed by atoms with Crippen molar-refractivity contribution in [3.8, 4) is 11.3 Å². The number of carbonyl (C=O) groups is 1. The molecule has 1 aromatic heterocycles. The van der Waals surface area contributed by atoms with Gasteiger partial charge in [-0.3, -0.25) is 4.79 Å². The number of halogens is 2. The van der Waals surface area contributed by atoms with Crippen molar-refractivity contribution in [2.75, 3.05) is 13.6 Å². The van der Waals surface area contributed by atoms with Crippen molar-refractivity contribution in [2.24, 2.45) is 0 Å². The molecule has 1 heterocycles. The summed E-state index contributed by atoms with van der Waals surface area (Å²) in [6, 6.07) is 5.27. The van der Waals surface area contributed by atoms with Crippen LogP contribution in [0.25, 0.3) is 11.3 Å². The second-order valence-electron chi connectivity index (χ2n) is 4.96. The van der Waals surface area contributed by atoms with Gasteiger partial charge in [0.15, 0.2) is 0 Å². The number of hydrogen-bond donors (Lipinski definition) is 2. The van der Waals surface area contributed by atoms with Gasteiger partial charge in [-0.25, -0.2) is 0 Å². The van der Waals surface area contributed by atoms with Crippen LogP contribution >= 0.6 is 23.2 Å². The average Bonchev–Trinajstić information content (AvgIpc) is 2.86. The van der Waals surface area contributed by atoms with Gasteiger partial charge in [-0.1, -0.05) is 34.4 Å². The summed E-state index contributed by atoms with van der Waals surface area (Å²) in [5, 5.41) is 10.7. The molecule has 0 aliphatic rings. The number of aryl methyl sites for hydroxylation is 1. The lowest BCUT2D eigenvalue weighted by atomic mass is 10.1. The summed E-state index contributed by atoms with van der Waals surface area (Å²) >= 11 is 12.4. The SMILES string of the molecule is CNC(C)CNC(=O)c1c(-c2c(Cl)cccc2Cl)noc1C. The van der Waals surface area contributed by atoms with Gasteiger partial charge in [0.05, 0.1) is 10.0 Å². The van der Waals surface area contributed by atoms with Crippen molar-refractivity contribution in [3.05, 3.63) is 39.6 Å². The molecule has 0 aliphatic carbocycles. The summed E-state index contributed by atoms with van der Waals surface area (Å²) in [6.45, 7) is 4.12. The van der Waals surface area contributed by atoms with Crippen LogP contribution < -0.4 is 10.6 Å². The molecule has 118 valence electrons. The first-order valence-corrected chi connectivity index (χ1v) is 7.57. The highest BCUT2D eigenvalue weighted by atomic mass is 35.5. The lowest BCUT2D eigenvalue weighted by Gasteiger charge is -2.12. The van der Waals surface area contributed by atoms with Crippen LogP contribution in [-0.2, 0) is 0 Å². The van der Waals surface area contributed by atoms with Crippen LogP contribution in [0.3, 0.4) is 0 Å². The van der Waals surface area contributed by atoms with Gasteiger partial charge in [-0.05, 0) is 33.0 Å². The lowest BCUT2D eigenvalue weighted by Crippen LogP contribution is -2.37. The molecule has 0 aliphatic heterocycles. The fraction of sp³-hybridized carbons (Fsp3) is 0.333. The molecule has 0 saturated heterocycles. The fourth-order valence-electron chi connectivity index (χ4n) is 1.97. The highest BCUT2D eigenvalue weighted by Crippen LogP contribution is 2.36. The lowest BCUT2D eigenvalue weighted by molar-refractivity contribution is 0.0949. The molecule has 5 nitrogen and oxygen atoms in total. The van der Waals surface area contributed by atoms with Gasteiger partial charge >= 0.3 is 0 Å². The van der Waals surface area contributed by atoms with Gasteiger partial charge in [0.2, 0.25) is 0 Å². The number of likely N-dealkylation sites (N-methyl/N-ethyl adjacent to an activating group) is 1. The van der Waals surface area contributed by atoms with Crippen LogP contribution in [0, 0.1) is 6.92 Å². The largest absolute Gasteiger partial charge is 0.360 e. The fourth-order valence-corrected chi connectivity index (χ4v) is 2.55. The molecule has 2 N–H and O–H groups in total. The standard InChI is InChI=1S/C15H17Cl2N3O2/c1-8(18-3)7-19-15(21)12-9(2)22-20-14(12)13-10(16)5-4-6-11(13)17/h4-6,8,18H,7H2,1-3H3,(H,19,21). The molecule has 2 rings (SSSR count). The van der Waals surface area contributed by atoms with E-state index < -0.39 is 0 Å². The second kappa shape index (κ2) is 7.13. The summed E-state index contributed by atoms with van der Waals surface area (Å²) in [5.41, 5.74) is 1.19. The van der Waals surface area contributed by atoms with Gasteiger partial charge in [-0.2, -0.15) is 0 Å². The van der Waals surface area contributed by atoms with E-state index in [1.54, 1.807) is 25.1 Å². The summed E-state index contributed by atoms with van der Waals surface area (Å²) in [7, 11) is 1.83. The predicted molar refractivity (Wildman–Crippen MR) is 87.6 cm³/mol. The molecule has 0 bridgehead atoms. The molecule has 2 aromatic rings. The first kappa shape index (κ1) is 16.8. The molecule has 0 spiro atoms. The molecular weight excluding hydrogens is 325 g/mol. The van der Waals surface area contributed by atoms with Crippen molar-refractivity contribution in [3.63, 3.8) is 0 Å². The Morgan fingerprint density at radius 1 is 1.36 bits per heavy atom. The molecule has 0 fully saturated rings. The van der Waals surface area contributed by atoms with Crippen LogP contribution in [0.15, 0.2) is 22.7 Å². The maximum atomic E-state index is 12.4. The topological polar surface area (TPSA) is 67.2 Å². The van der Waals surface area contributed by atoms with Gasteiger partial charge < -0.3 is 15.2 Å². The van der Waals surface area contributed by atoms with Crippen molar-refractivity contribution in [1.29, 1.82) is 0 Å². The summed E-state index contributed by atoms with van der Waals surface area (Å²) < 4.78 is 5.17. The minimum atomic E-state index is -0.271. The van der Waals surface area contributed by atoms with Crippen LogP contribution in [0.2, 0.25) is 10.0 Å².